The number of nitrogens with zero attached hydrogens (tertiary/aromatic N) is 1. The molecular formula is C14H24N4O. The van der Waals surface area contributed by atoms with Gasteiger partial charge in [0, 0.05) is 24.7 Å². The molecule has 1 aromatic rings. The van der Waals surface area contributed by atoms with E-state index in [2.05, 4.69) is 29.5 Å². The maximum atomic E-state index is 12.0. The van der Waals surface area contributed by atoms with Gasteiger partial charge in [-0.25, -0.2) is 0 Å². The Morgan fingerprint density at radius 2 is 2.11 bits per heavy atom. The number of carbonyl (C=O) groups is 1. The third-order valence-electron chi connectivity index (χ3n) is 3.28. The minimum atomic E-state index is -0.0520. The summed E-state index contributed by atoms with van der Waals surface area (Å²) in [5.74, 6) is 5.31. The Morgan fingerprint density at radius 3 is 2.63 bits per heavy atom. The fourth-order valence-corrected chi connectivity index (χ4v) is 1.67. The number of hydrogen-bond acceptors (Lipinski definition) is 4. The van der Waals surface area contributed by atoms with Crippen molar-refractivity contribution < 1.29 is 4.79 Å². The van der Waals surface area contributed by atoms with Crippen molar-refractivity contribution in [1.29, 1.82) is 0 Å². The fraction of sp³-hybridized carbons (Fsp3) is 0.500. The summed E-state index contributed by atoms with van der Waals surface area (Å²) in [5.41, 5.74) is 5.03. The SMILES string of the molecule is Cc1cc(C(=O)NCCN(C)C(C)C)ccc1NN. The zero-order valence-corrected chi connectivity index (χ0v) is 12.2. The number of likely N-dealkylation sites (N-methyl/N-ethyl adjacent to an activating group) is 1. The lowest BCUT2D eigenvalue weighted by molar-refractivity contribution is 0.0948. The Morgan fingerprint density at radius 1 is 1.42 bits per heavy atom. The van der Waals surface area contributed by atoms with Gasteiger partial charge in [0.1, 0.15) is 0 Å². The number of anilines is 1. The van der Waals surface area contributed by atoms with Crippen LogP contribution in [0.3, 0.4) is 0 Å². The molecule has 0 fully saturated rings. The van der Waals surface area contributed by atoms with E-state index in [0.717, 1.165) is 17.8 Å². The van der Waals surface area contributed by atoms with Crippen molar-refractivity contribution in [1.82, 2.24) is 10.2 Å². The number of benzene rings is 1. The number of amides is 1. The molecule has 0 bridgehead atoms. The molecule has 0 radical (unpaired) electrons. The lowest BCUT2D eigenvalue weighted by atomic mass is 10.1. The van der Waals surface area contributed by atoms with Crippen LogP contribution in [0.15, 0.2) is 18.2 Å². The van der Waals surface area contributed by atoms with Crippen LogP contribution in [0.25, 0.3) is 0 Å². The van der Waals surface area contributed by atoms with Crippen LogP contribution < -0.4 is 16.6 Å². The van der Waals surface area contributed by atoms with Crippen molar-refractivity contribution in [3.05, 3.63) is 29.3 Å². The van der Waals surface area contributed by atoms with Gasteiger partial charge in [0.25, 0.3) is 5.91 Å². The zero-order valence-electron chi connectivity index (χ0n) is 12.2. The number of nitrogens with two attached hydrogens (primary N) is 1. The number of aryl methyl sites for hydroxylation is 1. The molecule has 0 aromatic heterocycles. The second-order valence-electron chi connectivity index (χ2n) is 5.00. The predicted molar refractivity (Wildman–Crippen MR) is 79.1 cm³/mol. The van der Waals surface area contributed by atoms with E-state index in [1.54, 1.807) is 6.07 Å². The smallest absolute Gasteiger partial charge is 0.251 e. The van der Waals surface area contributed by atoms with Gasteiger partial charge in [-0.1, -0.05) is 0 Å². The lowest BCUT2D eigenvalue weighted by Crippen LogP contribution is -2.36. The van der Waals surface area contributed by atoms with E-state index in [1.807, 2.05) is 26.1 Å². The number of carbonyl (C=O) groups excluding carboxylic acids is 1. The Kier molecular flexibility index (Phi) is 5.79. The molecule has 106 valence electrons. The summed E-state index contributed by atoms with van der Waals surface area (Å²) in [7, 11) is 2.04. The summed E-state index contributed by atoms with van der Waals surface area (Å²) < 4.78 is 0. The van der Waals surface area contributed by atoms with Gasteiger partial charge in [-0.3, -0.25) is 10.6 Å². The summed E-state index contributed by atoms with van der Waals surface area (Å²) in [6.45, 7) is 7.65. The van der Waals surface area contributed by atoms with Gasteiger partial charge >= 0.3 is 0 Å². The Balaban J connectivity index is 2.52. The average Bonchev–Trinajstić information content (AvgIpc) is 2.38. The summed E-state index contributed by atoms with van der Waals surface area (Å²) in [5, 5.41) is 2.92. The normalized spacial score (nSPS) is 10.9. The molecule has 1 rings (SSSR count). The minimum Gasteiger partial charge on any atom is -0.351 e. The molecule has 0 unspecified atom stereocenters. The van der Waals surface area contributed by atoms with Gasteiger partial charge in [0.05, 0.1) is 5.69 Å². The van der Waals surface area contributed by atoms with Crippen LogP contribution in [0.2, 0.25) is 0 Å². The number of nitrogens with one attached hydrogen (secondary N) is 2. The first-order valence-electron chi connectivity index (χ1n) is 6.51. The molecule has 0 aliphatic rings. The number of rotatable bonds is 6. The van der Waals surface area contributed by atoms with Gasteiger partial charge in [-0.15, -0.1) is 0 Å². The number of hydrogen-bond donors (Lipinski definition) is 3. The van der Waals surface area contributed by atoms with Crippen LogP contribution >= 0.6 is 0 Å². The molecule has 4 N–H and O–H groups in total. The van der Waals surface area contributed by atoms with E-state index in [1.165, 1.54) is 0 Å². The summed E-state index contributed by atoms with van der Waals surface area (Å²) >= 11 is 0. The summed E-state index contributed by atoms with van der Waals surface area (Å²) in [6.07, 6.45) is 0. The van der Waals surface area contributed by atoms with Crippen LogP contribution in [-0.4, -0.2) is 37.0 Å². The second kappa shape index (κ2) is 7.11. The molecule has 0 aliphatic heterocycles. The van der Waals surface area contributed by atoms with Gasteiger partial charge < -0.3 is 15.6 Å². The predicted octanol–water partition coefficient (Wildman–Crippen LogP) is 1.35. The van der Waals surface area contributed by atoms with E-state index >= 15 is 0 Å². The van der Waals surface area contributed by atoms with Gasteiger partial charge in [0.15, 0.2) is 0 Å². The minimum absolute atomic E-state index is 0.0520. The van der Waals surface area contributed by atoms with Crippen LogP contribution in [0.5, 0.6) is 0 Å². The molecule has 0 heterocycles. The van der Waals surface area contributed by atoms with Crippen LogP contribution in [0.4, 0.5) is 5.69 Å². The molecule has 0 aliphatic carbocycles. The van der Waals surface area contributed by atoms with Crippen LogP contribution in [0, 0.1) is 6.92 Å². The molecule has 5 heteroatoms. The van der Waals surface area contributed by atoms with E-state index in [4.69, 9.17) is 5.84 Å². The molecule has 1 aromatic carbocycles. The molecule has 19 heavy (non-hydrogen) atoms. The Labute approximate surface area is 115 Å². The summed E-state index contributed by atoms with van der Waals surface area (Å²) in [4.78, 5) is 14.2. The first-order valence-corrected chi connectivity index (χ1v) is 6.51. The first-order chi connectivity index (χ1) is 8.95. The lowest BCUT2D eigenvalue weighted by Gasteiger charge is -2.20. The highest BCUT2D eigenvalue weighted by molar-refractivity contribution is 5.94. The maximum absolute atomic E-state index is 12.0. The highest BCUT2D eigenvalue weighted by Crippen LogP contribution is 2.14. The van der Waals surface area contributed by atoms with Crippen molar-refractivity contribution in [3.63, 3.8) is 0 Å². The zero-order chi connectivity index (χ0) is 14.4. The Bertz CT molecular complexity index is 431. The standard InChI is InChI=1S/C14H24N4O/c1-10(2)18(4)8-7-16-14(19)12-5-6-13(17-15)11(3)9-12/h5-6,9-10,17H,7-8,15H2,1-4H3,(H,16,19). The maximum Gasteiger partial charge on any atom is 0.251 e. The second-order valence-corrected chi connectivity index (χ2v) is 5.00. The quantitative estimate of drug-likeness (QED) is 0.536. The molecule has 1 amide bonds. The molecule has 0 spiro atoms. The monoisotopic (exact) mass is 264 g/mol. The topological polar surface area (TPSA) is 70.4 Å². The molecule has 0 saturated carbocycles. The third-order valence-corrected chi connectivity index (χ3v) is 3.28. The third kappa shape index (κ3) is 4.54. The van der Waals surface area contributed by atoms with E-state index in [0.29, 0.717) is 18.2 Å². The fourth-order valence-electron chi connectivity index (χ4n) is 1.67. The number of nitrogen functional groups attached to an aromatic ring is 1. The van der Waals surface area contributed by atoms with Crippen molar-refractivity contribution in [2.24, 2.45) is 5.84 Å². The van der Waals surface area contributed by atoms with Crippen LogP contribution in [-0.2, 0) is 0 Å². The van der Waals surface area contributed by atoms with Gasteiger partial charge in [0.2, 0.25) is 0 Å². The van der Waals surface area contributed by atoms with Crippen molar-refractivity contribution in [2.75, 3.05) is 25.6 Å². The van der Waals surface area contributed by atoms with Crippen LogP contribution in [0.1, 0.15) is 29.8 Å². The average molecular weight is 264 g/mol. The van der Waals surface area contributed by atoms with E-state index in [9.17, 15) is 4.79 Å². The van der Waals surface area contributed by atoms with Crippen molar-refractivity contribution >= 4 is 11.6 Å². The van der Waals surface area contributed by atoms with Crippen molar-refractivity contribution in [3.8, 4) is 0 Å². The van der Waals surface area contributed by atoms with E-state index < -0.39 is 0 Å². The highest BCUT2D eigenvalue weighted by Gasteiger charge is 2.08. The van der Waals surface area contributed by atoms with E-state index in [-0.39, 0.29) is 5.91 Å². The Hall–Kier alpha value is -1.59. The highest BCUT2D eigenvalue weighted by atomic mass is 16.1. The molecule has 5 nitrogen and oxygen atoms in total. The summed E-state index contributed by atoms with van der Waals surface area (Å²) in [6, 6.07) is 5.89. The van der Waals surface area contributed by atoms with Gasteiger partial charge in [-0.2, -0.15) is 0 Å². The molecule has 0 atom stereocenters. The van der Waals surface area contributed by atoms with Crippen molar-refractivity contribution in [2.45, 2.75) is 26.8 Å². The molecule has 0 saturated heterocycles. The number of hydrazine groups is 1. The molecular weight excluding hydrogens is 240 g/mol. The first kappa shape index (κ1) is 15.5. The largest absolute Gasteiger partial charge is 0.351 e. The van der Waals surface area contributed by atoms with Gasteiger partial charge in [-0.05, 0) is 51.6 Å².